The van der Waals surface area contributed by atoms with Crippen LogP contribution in [0.1, 0.15) is 55.8 Å². The molecule has 1 aromatic rings. The van der Waals surface area contributed by atoms with Crippen LogP contribution in [0.25, 0.3) is 0 Å². The molecule has 0 spiro atoms. The molecular weight excluding hydrogens is 326 g/mol. The number of carbonyl (C=O) groups excluding carboxylic acids is 2. The largest absolute Gasteiger partial charge is 0.356 e. The topological polar surface area (TPSA) is 49.4 Å². The van der Waals surface area contributed by atoms with E-state index >= 15 is 0 Å². The molecule has 6 heteroatoms. The van der Waals surface area contributed by atoms with E-state index in [9.17, 15) is 18.4 Å². The quantitative estimate of drug-likeness (QED) is 0.692. The van der Waals surface area contributed by atoms with E-state index < -0.39 is 11.6 Å². The second-order valence-electron chi connectivity index (χ2n) is 6.59. The van der Waals surface area contributed by atoms with Crippen LogP contribution >= 0.6 is 0 Å². The van der Waals surface area contributed by atoms with Crippen molar-refractivity contribution in [3.05, 3.63) is 35.4 Å². The van der Waals surface area contributed by atoms with Crippen LogP contribution in [0.15, 0.2) is 18.2 Å². The second kappa shape index (κ2) is 9.49. The molecule has 1 heterocycles. The number of nitrogens with zero attached hydrogens (tertiary/aromatic N) is 1. The molecular formula is C19H26F2N2O2. The van der Waals surface area contributed by atoms with Crippen molar-refractivity contribution in [2.75, 3.05) is 19.6 Å². The van der Waals surface area contributed by atoms with Crippen LogP contribution in [0.2, 0.25) is 0 Å². The maximum atomic E-state index is 13.2. The molecule has 2 amide bonds. The highest BCUT2D eigenvalue weighted by atomic mass is 19.2. The van der Waals surface area contributed by atoms with Crippen LogP contribution in [-0.2, 0) is 4.79 Å². The summed E-state index contributed by atoms with van der Waals surface area (Å²) in [6.45, 7) is 3.48. The van der Waals surface area contributed by atoms with Gasteiger partial charge in [-0.05, 0) is 24.6 Å². The number of hydrogen-bond acceptors (Lipinski definition) is 2. The van der Waals surface area contributed by atoms with E-state index in [1.54, 1.807) is 0 Å². The lowest BCUT2D eigenvalue weighted by atomic mass is 9.97. The fraction of sp³-hybridized carbons (Fsp3) is 0.579. The number of carbonyl (C=O) groups is 2. The molecule has 0 bridgehead atoms. The first-order valence-corrected chi connectivity index (χ1v) is 9.05. The summed E-state index contributed by atoms with van der Waals surface area (Å²) >= 11 is 0. The number of benzene rings is 1. The van der Waals surface area contributed by atoms with Crippen molar-refractivity contribution in [2.45, 2.75) is 45.4 Å². The Bertz CT molecular complexity index is 601. The summed E-state index contributed by atoms with van der Waals surface area (Å²) in [5.41, 5.74) is 0.102. The molecule has 2 rings (SSSR count). The SMILES string of the molecule is CCCCCCCCNC(=O)C1CN(C(=O)c2ccc(F)c(F)c2)C1. The maximum Gasteiger partial charge on any atom is 0.254 e. The van der Waals surface area contributed by atoms with E-state index in [-0.39, 0.29) is 23.3 Å². The molecule has 1 N–H and O–H groups in total. The summed E-state index contributed by atoms with van der Waals surface area (Å²) in [5.74, 6) is -2.65. The zero-order chi connectivity index (χ0) is 18.2. The van der Waals surface area contributed by atoms with Gasteiger partial charge in [-0.1, -0.05) is 39.0 Å². The lowest BCUT2D eigenvalue weighted by molar-refractivity contribution is -0.128. The lowest BCUT2D eigenvalue weighted by Gasteiger charge is -2.38. The van der Waals surface area contributed by atoms with E-state index in [4.69, 9.17) is 0 Å². The molecule has 0 unspecified atom stereocenters. The summed E-state index contributed by atoms with van der Waals surface area (Å²) in [4.78, 5) is 25.6. The zero-order valence-corrected chi connectivity index (χ0v) is 14.7. The minimum absolute atomic E-state index is 0.0390. The van der Waals surface area contributed by atoms with Crippen LogP contribution in [-0.4, -0.2) is 36.3 Å². The predicted molar refractivity (Wildman–Crippen MR) is 92.1 cm³/mol. The van der Waals surface area contributed by atoms with Gasteiger partial charge in [0.05, 0.1) is 5.92 Å². The first kappa shape index (κ1) is 19.3. The highest BCUT2D eigenvalue weighted by molar-refractivity contribution is 5.96. The first-order valence-electron chi connectivity index (χ1n) is 9.05. The molecule has 0 saturated carbocycles. The van der Waals surface area contributed by atoms with Crippen molar-refractivity contribution in [3.63, 3.8) is 0 Å². The van der Waals surface area contributed by atoms with Gasteiger partial charge in [0.15, 0.2) is 11.6 Å². The van der Waals surface area contributed by atoms with Gasteiger partial charge in [-0.15, -0.1) is 0 Å². The van der Waals surface area contributed by atoms with Crippen molar-refractivity contribution in [1.82, 2.24) is 10.2 Å². The molecule has 0 aliphatic carbocycles. The van der Waals surface area contributed by atoms with Gasteiger partial charge >= 0.3 is 0 Å². The number of halogens is 2. The van der Waals surface area contributed by atoms with Crippen molar-refractivity contribution >= 4 is 11.8 Å². The van der Waals surface area contributed by atoms with Gasteiger partial charge < -0.3 is 10.2 Å². The molecule has 1 aliphatic heterocycles. The Morgan fingerprint density at radius 3 is 2.44 bits per heavy atom. The fourth-order valence-corrected chi connectivity index (χ4v) is 2.88. The minimum atomic E-state index is -1.04. The fourth-order valence-electron chi connectivity index (χ4n) is 2.88. The van der Waals surface area contributed by atoms with Crippen LogP contribution in [0.4, 0.5) is 8.78 Å². The average molecular weight is 352 g/mol. The third-order valence-electron chi connectivity index (χ3n) is 4.54. The molecule has 138 valence electrons. The highest BCUT2D eigenvalue weighted by Gasteiger charge is 2.35. The third kappa shape index (κ3) is 5.51. The van der Waals surface area contributed by atoms with E-state index in [1.165, 1.54) is 36.6 Å². The minimum Gasteiger partial charge on any atom is -0.356 e. The number of likely N-dealkylation sites (tertiary alicyclic amines) is 1. The van der Waals surface area contributed by atoms with Crippen LogP contribution in [0, 0.1) is 17.6 Å². The van der Waals surface area contributed by atoms with Gasteiger partial charge in [-0.3, -0.25) is 9.59 Å². The number of unbranched alkanes of at least 4 members (excludes halogenated alkanes) is 5. The van der Waals surface area contributed by atoms with Crippen molar-refractivity contribution in [2.24, 2.45) is 5.92 Å². The highest BCUT2D eigenvalue weighted by Crippen LogP contribution is 2.20. The Morgan fingerprint density at radius 2 is 1.76 bits per heavy atom. The Labute approximate surface area is 147 Å². The molecule has 1 saturated heterocycles. The summed E-state index contributed by atoms with van der Waals surface area (Å²) < 4.78 is 26.1. The molecule has 1 aliphatic rings. The van der Waals surface area contributed by atoms with Gasteiger partial charge in [0.2, 0.25) is 5.91 Å². The van der Waals surface area contributed by atoms with E-state index in [0.717, 1.165) is 25.0 Å². The van der Waals surface area contributed by atoms with Gasteiger partial charge in [0.25, 0.3) is 5.91 Å². The summed E-state index contributed by atoms with van der Waals surface area (Å²) in [6, 6.07) is 3.09. The number of rotatable bonds is 9. The zero-order valence-electron chi connectivity index (χ0n) is 14.7. The van der Waals surface area contributed by atoms with Crippen LogP contribution < -0.4 is 5.32 Å². The Balaban J connectivity index is 1.64. The van der Waals surface area contributed by atoms with Crippen molar-refractivity contribution < 1.29 is 18.4 Å². The average Bonchev–Trinajstić information content (AvgIpc) is 2.55. The summed E-state index contributed by atoms with van der Waals surface area (Å²) in [7, 11) is 0. The van der Waals surface area contributed by atoms with Crippen molar-refractivity contribution in [3.8, 4) is 0 Å². The standard InChI is InChI=1S/C19H26F2N2O2/c1-2-3-4-5-6-7-10-22-18(24)15-12-23(13-15)19(25)14-8-9-16(20)17(21)11-14/h8-9,11,15H,2-7,10,12-13H2,1H3,(H,22,24). The van der Waals surface area contributed by atoms with Gasteiger partial charge in [0.1, 0.15) is 0 Å². The monoisotopic (exact) mass is 352 g/mol. The first-order chi connectivity index (χ1) is 12.0. The summed E-state index contributed by atoms with van der Waals surface area (Å²) in [5, 5.41) is 2.90. The molecule has 4 nitrogen and oxygen atoms in total. The number of hydrogen-bond donors (Lipinski definition) is 1. The van der Waals surface area contributed by atoms with E-state index in [0.29, 0.717) is 19.6 Å². The number of amides is 2. The van der Waals surface area contributed by atoms with Gasteiger partial charge in [0, 0.05) is 25.2 Å². The van der Waals surface area contributed by atoms with Crippen molar-refractivity contribution in [1.29, 1.82) is 0 Å². The molecule has 25 heavy (non-hydrogen) atoms. The number of nitrogens with one attached hydrogen (secondary N) is 1. The Kier molecular flexibility index (Phi) is 7.34. The molecule has 0 aromatic heterocycles. The normalized spacial score (nSPS) is 14.3. The lowest BCUT2D eigenvalue weighted by Crippen LogP contribution is -2.55. The molecule has 0 radical (unpaired) electrons. The van der Waals surface area contributed by atoms with Crippen LogP contribution in [0.5, 0.6) is 0 Å². The Hall–Kier alpha value is -1.98. The second-order valence-corrected chi connectivity index (χ2v) is 6.59. The smallest absolute Gasteiger partial charge is 0.254 e. The van der Waals surface area contributed by atoms with E-state index in [1.807, 2.05) is 0 Å². The summed E-state index contributed by atoms with van der Waals surface area (Å²) in [6.07, 6.45) is 7.01. The molecule has 1 aromatic carbocycles. The van der Waals surface area contributed by atoms with Crippen LogP contribution in [0.3, 0.4) is 0 Å². The van der Waals surface area contributed by atoms with Gasteiger partial charge in [-0.2, -0.15) is 0 Å². The molecule has 1 fully saturated rings. The van der Waals surface area contributed by atoms with Gasteiger partial charge in [-0.25, -0.2) is 8.78 Å². The third-order valence-corrected chi connectivity index (χ3v) is 4.54. The Morgan fingerprint density at radius 1 is 1.08 bits per heavy atom. The maximum absolute atomic E-state index is 13.2. The predicted octanol–water partition coefficient (Wildman–Crippen LogP) is 3.51. The molecule has 0 atom stereocenters. The van der Waals surface area contributed by atoms with E-state index in [2.05, 4.69) is 12.2 Å².